The van der Waals surface area contributed by atoms with E-state index in [0.717, 1.165) is 32.4 Å². The molecule has 0 aliphatic carbocycles. The molecular formula is C12H15BrFN3O2. The number of anilines is 1. The van der Waals surface area contributed by atoms with Crippen molar-refractivity contribution in [2.24, 2.45) is 0 Å². The maximum absolute atomic E-state index is 13.5. The van der Waals surface area contributed by atoms with Crippen LogP contribution in [0.15, 0.2) is 16.6 Å². The van der Waals surface area contributed by atoms with Gasteiger partial charge < -0.3 is 10.6 Å². The average molecular weight is 332 g/mol. The average Bonchev–Trinajstić information content (AvgIpc) is 2.62. The van der Waals surface area contributed by atoms with Crippen LogP contribution in [0.1, 0.15) is 19.3 Å². The quantitative estimate of drug-likeness (QED) is 0.659. The van der Waals surface area contributed by atoms with Crippen LogP contribution < -0.4 is 10.6 Å². The molecule has 2 rings (SSSR count). The molecule has 5 nitrogen and oxygen atoms in total. The smallest absolute Gasteiger partial charge is 0.293 e. The molecule has 0 bridgehead atoms. The van der Waals surface area contributed by atoms with Gasteiger partial charge in [0.05, 0.1) is 9.40 Å². The molecule has 104 valence electrons. The van der Waals surface area contributed by atoms with Gasteiger partial charge >= 0.3 is 0 Å². The van der Waals surface area contributed by atoms with E-state index in [-0.39, 0.29) is 21.9 Å². The van der Waals surface area contributed by atoms with Gasteiger partial charge in [-0.2, -0.15) is 0 Å². The summed E-state index contributed by atoms with van der Waals surface area (Å²) >= 11 is 2.97. The second-order valence-electron chi connectivity index (χ2n) is 4.56. The molecule has 0 aromatic heterocycles. The van der Waals surface area contributed by atoms with Crippen LogP contribution in [0.2, 0.25) is 0 Å². The molecule has 19 heavy (non-hydrogen) atoms. The molecule has 7 heteroatoms. The maximum atomic E-state index is 13.5. The molecule has 1 aliphatic rings. The molecule has 2 N–H and O–H groups in total. The summed E-state index contributed by atoms with van der Waals surface area (Å²) in [5.74, 6) is -0.500. The van der Waals surface area contributed by atoms with E-state index in [2.05, 4.69) is 26.6 Å². The van der Waals surface area contributed by atoms with E-state index < -0.39 is 10.7 Å². The highest BCUT2D eigenvalue weighted by molar-refractivity contribution is 9.10. The SMILES string of the molecule is O=[N+]([O-])c1cc(Br)c(F)cc1NC1CCCNCC1. The maximum Gasteiger partial charge on any atom is 0.293 e. The van der Waals surface area contributed by atoms with Gasteiger partial charge in [0.25, 0.3) is 5.69 Å². The van der Waals surface area contributed by atoms with Gasteiger partial charge in [-0.15, -0.1) is 0 Å². The predicted octanol–water partition coefficient (Wildman–Crippen LogP) is 3.05. The molecule has 1 unspecified atom stereocenters. The first-order chi connectivity index (χ1) is 9.08. The second-order valence-corrected chi connectivity index (χ2v) is 5.42. The summed E-state index contributed by atoms with van der Waals surface area (Å²) in [6.07, 6.45) is 2.79. The molecule has 0 amide bonds. The van der Waals surface area contributed by atoms with Crippen molar-refractivity contribution in [1.82, 2.24) is 5.32 Å². The fourth-order valence-electron chi connectivity index (χ4n) is 2.19. The van der Waals surface area contributed by atoms with E-state index in [1.54, 1.807) is 0 Å². The third kappa shape index (κ3) is 3.63. The molecule has 1 heterocycles. The highest BCUT2D eigenvalue weighted by Crippen LogP contribution is 2.31. The number of hydrogen-bond donors (Lipinski definition) is 2. The number of halogens is 2. The topological polar surface area (TPSA) is 67.2 Å². The summed E-state index contributed by atoms with van der Waals surface area (Å²) in [4.78, 5) is 10.5. The molecule has 0 radical (unpaired) electrons. The van der Waals surface area contributed by atoms with Gasteiger partial charge in [0.2, 0.25) is 0 Å². The summed E-state index contributed by atoms with van der Waals surface area (Å²) in [6, 6.07) is 2.52. The summed E-state index contributed by atoms with van der Waals surface area (Å²) in [5, 5.41) is 17.4. The number of nitrogens with one attached hydrogen (secondary N) is 2. The van der Waals surface area contributed by atoms with Crippen LogP contribution in [0.25, 0.3) is 0 Å². The highest BCUT2D eigenvalue weighted by Gasteiger charge is 2.20. The minimum absolute atomic E-state index is 0.104. The molecule has 1 aromatic rings. The van der Waals surface area contributed by atoms with Gasteiger partial charge in [0, 0.05) is 18.2 Å². The van der Waals surface area contributed by atoms with Crippen molar-refractivity contribution in [3.63, 3.8) is 0 Å². The molecule has 0 saturated carbocycles. The Bertz CT molecular complexity index is 476. The number of nitrogens with zero attached hydrogens (tertiary/aromatic N) is 1. The van der Waals surface area contributed by atoms with Crippen LogP contribution in [0.5, 0.6) is 0 Å². The molecule has 1 atom stereocenters. The second kappa shape index (κ2) is 6.29. The lowest BCUT2D eigenvalue weighted by Crippen LogP contribution is -2.22. The van der Waals surface area contributed by atoms with Gasteiger partial charge in [-0.1, -0.05) is 0 Å². The third-order valence-electron chi connectivity index (χ3n) is 3.17. The first-order valence-corrected chi connectivity index (χ1v) is 6.98. The Morgan fingerprint density at radius 3 is 2.95 bits per heavy atom. The van der Waals surface area contributed by atoms with Gasteiger partial charge in [-0.25, -0.2) is 4.39 Å². The van der Waals surface area contributed by atoms with Crippen molar-refractivity contribution < 1.29 is 9.31 Å². The number of benzene rings is 1. The lowest BCUT2D eigenvalue weighted by atomic mass is 10.1. The standard InChI is InChI=1S/C12H15BrFN3O2/c13-9-6-12(17(18)19)11(7-10(9)14)16-8-2-1-4-15-5-3-8/h6-8,15-16H,1-5H2. The van der Waals surface area contributed by atoms with Crippen molar-refractivity contribution >= 4 is 27.3 Å². The van der Waals surface area contributed by atoms with E-state index in [0.29, 0.717) is 0 Å². The van der Waals surface area contributed by atoms with Crippen molar-refractivity contribution in [3.05, 3.63) is 32.5 Å². The Kier molecular flexibility index (Phi) is 4.71. The zero-order chi connectivity index (χ0) is 13.8. The van der Waals surface area contributed by atoms with E-state index >= 15 is 0 Å². The van der Waals surface area contributed by atoms with Crippen molar-refractivity contribution in [2.75, 3.05) is 18.4 Å². The summed E-state index contributed by atoms with van der Waals surface area (Å²) in [7, 11) is 0. The lowest BCUT2D eigenvalue weighted by molar-refractivity contribution is -0.384. The van der Waals surface area contributed by atoms with Crippen molar-refractivity contribution in [1.29, 1.82) is 0 Å². The largest absolute Gasteiger partial charge is 0.377 e. The van der Waals surface area contributed by atoms with Gasteiger partial charge in [0.1, 0.15) is 11.5 Å². The first kappa shape index (κ1) is 14.2. The normalized spacial score (nSPS) is 19.8. The third-order valence-corrected chi connectivity index (χ3v) is 3.78. The van der Waals surface area contributed by atoms with E-state index in [9.17, 15) is 14.5 Å². The molecule has 1 aliphatic heterocycles. The molecular weight excluding hydrogens is 317 g/mol. The van der Waals surface area contributed by atoms with Crippen LogP contribution in [0, 0.1) is 15.9 Å². The number of nitro benzene ring substituents is 1. The fraction of sp³-hybridized carbons (Fsp3) is 0.500. The number of rotatable bonds is 3. The summed E-state index contributed by atoms with van der Waals surface area (Å²) < 4.78 is 13.6. The fourth-order valence-corrected chi connectivity index (χ4v) is 2.52. The van der Waals surface area contributed by atoms with Gasteiger partial charge in [-0.05, 0) is 48.3 Å². The molecule has 1 fully saturated rings. The first-order valence-electron chi connectivity index (χ1n) is 6.18. The van der Waals surface area contributed by atoms with Crippen LogP contribution >= 0.6 is 15.9 Å². The van der Waals surface area contributed by atoms with E-state index in [1.807, 2.05) is 0 Å². The minimum Gasteiger partial charge on any atom is -0.377 e. The zero-order valence-corrected chi connectivity index (χ0v) is 11.9. The van der Waals surface area contributed by atoms with Crippen LogP contribution in [-0.4, -0.2) is 24.1 Å². The summed E-state index contributed by atoms with van der Waals surface area (Å²) in [5.41, 5.74) is 0.142. The van der Waals surface area contributed by atoms with E-state index in [1.165, 1.54) is 12.1 Å². The van der Waals surface area contributed by atoms with Gasteiger partial charge in [0.15, 0.2) is 0 Å². The Balaban J connectivity index is 2.22. The zero-order valence-electron chi connectivity index (χ0n) is 10.3. The molecule has 1 aromatic carbocycles. The Hall–Kier alpha value is -1.21. The highest BCUT2D eigenvalue weighted by atomic mass is 79.9. The lowest BCUT2D eigenvalue weighted by Gasteiger charge is -2.17. The minimum atomic E-state index is -0.500. The predicted molar refractivity (Wildman–Crippen MR) is 74.9 cm³/mol. The molecule has 0 spiro atoms. The number of hydrogen-bond acceptors (Lipinski definition) is 4. The molecule has 1 saturated heterocycles. The van der Waals surface area contributed by atoms with Crippen LogP contribution in [-0.2, 0) is 0 Å². The van der Waals surface area contributed by atoms with Crippen LogP contribution in [0.3, 0.4) is 0 Å². The Morgan fingerprint density at radius 2 is 2.21 bits per heavy atom. The monoisotopic (exact) mass is 331 g/mol. The van der Waals surface area contributed by atoms with E-state index in [4.69, 9.17) is 0 Å². The van der Waals surface area contributed by atoms with Crippen molar-refractivity contribution in [3.8, 4) is 0 Å². The number of nitro groups is 1. The van der Waals surface area contributed by atoms with Gasteiger partial charge in [-0.3, -0.25) is 10.1 Å². The van der Waals surface area contributed by atoms with Crippen LogP contribution in [0.4, 0.5) is 15.8 Å². The Labute approximate surface area is 118 Å². The Morgan fingerprint density at radius 1 is 1.42 bits per heavy atom. The van der Waals surface area contributed by atoms with Crippen molar-refractivity contribution in [2.45, 2.75) is 25.3 Å². The summed E-state index contributed by atoms with van der Waals surface area (Å²) in [6.45, 7) is 1.82.